The van der Waals surface area contributed by atoms with Gasteiger partial charge in [0.05, 0.1) is 6.61 Å². The standard InChI is InChI=1S/C15H20N2O2/c1-15(2,3)16-14(19)9-17-8-7-12-11(10-18)5-4-6-13(12)17/h4-8,18H,9-10H2,1-3H3,(H,16,19). The Morgan fingerprint density at radius 3 is 2.68 bits per heavy atom. The second-order valence-electron chi connectivity index (χ2n) is 5.75. The number of nitrogens with one attached hydrogen (secondary N) is 1. The molecule has 1 aromatic carbocycles. The van der Waals surface area contributed by atoms with Gasteiger partial charge in [0.1, 0.15) is 6.54 Å². The van der Waals surface area contributed by atoms with E-state index in [-0.39, 0.29) is 24.6 Å². The van der Waals surface area contributed by atoms with Gasteiger partial charge in [0.15, 0.2) is 0 Å². The summed E-state index contributed by atoms with van der Waals surface area (Å²) in [6.45, 7) is 6.18. The Bertz CT molecular complexity index is 594. The molecule has 1 amide bonds. The van der Waals surface area contributed by atoms with E-state index in [1.165, 1.54) is 0 Å². The first-order valence-electron chi connectivity index (χ1n) is 6.39. The highest BCUT2D eigenvalue weighted by Gasteiger charge is 2.14. The van der Waals surface area contributed by atoms with Crippen molar-refractivity contribution in [2.75, 3.05) is 0 Å². The minimum absolute atomic E-state index is 0.00947. The van der Waals surface area contributed by atoms with Gasteiger partial charge < -0.3 is 15.0 Å². The summed E-state index contributed by atoms with van der Waals surface area (Å²) in [7, 11) is 0. The highest BCUT2D eigenvalue weighted by atomic mass is 16.3. The lowest BCUT2D eigenvalue weighted by atomic mass is 10.1. The van der Waals surface area contributed by atoms with E-state index in [2.05, 4.69) is 5.32 Å². The number of hydrogen-bond acceptors (Lipinski definition) is 2. The fourth-order valence-electron chi connectivity index (χ4n) is 2.18. The molecule has 0 fully saturated rings. The number of fused-ring (bicyclic) bond motifs is 1. The van der Waals surface area contributed by atoms with Crippen LogP contribution in [0.5, 0.6) is 0 Å². The summed E-state index contributed by atoms with van der Waals surface area (Å²) < 4.78 is 1.90. The zero-order valence-electron chi connectivity index (χ0n) is 11.6. The van der Waals surface area contributed by atoms with Crippen molar-refractivity contribution < 1.29 is 9.90 Å². The van der Waals surface area contributed by atoms with E-state index in [4.69, 9.17) is 0 Å². The van der Waals surface area contributed by atoms with Gasteiger partial charge in [-0.25, -0.2) is 0 Å². The number of aliphatic hydroxyl groups is 1. The van der Waals surface area contributed by atoms with Crippen molar-refractivity contribution in [3.8, 4) is 0 Å². The minimum Gasteiger partial charge on any atom is -0.392 e. The third kappa shape index (κ3) is 3.15. The smallest absolute Gasteiger partial charge is 0.240 e. The van der Waals surface area contributed by atoms with E-state index in [0.29, 0.717) is 0 Å². The average Bonchev–Trinajstić information content (AvgIpc) is 2.70. The SMILES string of the molecule is CC(C)(C)NC(=O)Cn1ccc2c(CO)cccc21. The highest BCUT2D eigenvalue weighted by Crippen LogP contribution is 2.20. The summed E-state index contributed by atoms with van der Waals surface area (Å²) in [6, 6.07) is 7.68. The topological polar surface area (TPSA) is 54.3 Å². The second-order valence-corrected chi connectivity index (χ2v) is 5.75. The Hall–Kier alpha value is -1.81. The molecule has 0 spiro atoms. The Morgan fingerprint density at radius 1 is 1.32 bits per heavy atom. The minimum atomic E-state index is -0.226. The summed E-state index contributed by atoms with van der Waals surface area (Å²) in [6.07, 6.45) is 1.88. The van der Waals surface area contributed by atoms with Crippen LogP contribution < -0.4 is 5.32 Å². The molecule has 0 atom stereocenters. The van der Waals surface area contributed by atoms with Crippen molar-refractivity contribution >= 4 is 16.8 Å². The lowest BCUT2D eigenvalue weighted by molar-refractivity contribution is -0.123. The quantitative estimate of drug-likeness (QED) is 0.887. The first-order chi connectivity index (χ1) is 8.90. The molecular weight excluding hydrogens is 240 g/mol. The molecule has 1 heterocycles. The van der Waals surface area contributed by atoms with E-state index in [1.807, 2.05) is 55.8 Å². The monoisotopic (exact) mass is 260 g/mol. The molecule has 2 rings (SSSR count). The van der Waals surface area contributed by atoms with E-state index < -0.39 is 0 Å². The van der Waals surface area contributed by atoms with E-state index in [1.54, 1.807) is 0 Å². The van der Waals surface area contributed by atoms with Gasteiger partial charge in [-0.3, -0.25) is 4.79 Å². The number of carbonyl (C=O) groups excluding carboxylic acids is 1. The van der Waals surface area contributed by atoms with Crippen LogP contribution in [0, 0.1) is 0 Å². The third-order valence-corrected chi connectivity index (χ3v) is 2.90. The zero-order valence-corrected chi connectivity index (χ0v) is 11.6. The first-order valence-corrected chi connectivity index (χ1v) is 6.39. The van der Waals surface area contributed by atoms with Gasteiger partial charge in [0.25, 0.3) is 0 Å². The zero-order chi connectivity index (χ0) is 14.0. The highest BCUT2D eigenvalue weighted by molar-refractivity contribution is 5.85. The molecule has 0 unspecified atom stereocenters. The molecule has 0 aliphatic heterocycles. The van der Waals surface area contributed by atoms with Crippen LogP contribution in [0.2, 0.25) is 0 Å². The Morgan fingerprint density at radius 2 is 2.05 bits per heavy atom. The molecule has 4 heteroatoms. The number of benzene rings is 1. The van der Waals surface area contributed by atoms with Crippen molar-refractivity contribution in [2.24, 2.45) is 0 Å². The summed E-state index contributed by atoms with van der Waals surface area (Å²) >= 11 is 0. The lowest BCUT2D eigenvalue weighted by Crippen LogP contribution is -2.42. The molecule has 0 bridgehead atoms. The van der Waals surface area contributed by atoms with Crippen molar-refractivity contribution in [3.63, 3.8) is 0 Å². The lowest BCUT2D eigenvalue weighted by Gasteiger charge is -2.20. The van der Waals surface area contributed by atoms with Crippen molar-refractivity contribution in [2.45, 2.75) is 39.5 Å². The molecule has 0 saturated heterocycles. The maximum atomic E-state index is 11.9. The largest absolute Gasteiger partial charge is 0.392 e. The predicted octanol–water partition coefficient (Wildman–Crippen LogP) is 2.05. The normalized spacial score (nSPS) is 11.8. The third-order valence-electron chi connectivity index (χ3n) is 2.90. The van der Waals surface area contributed by atoms with Crippen LogP contribution in [0.15, 0.2) is 30.5 Å². The van der Waals surface area contributed by atoms with Gasteiger partial charge in [0, 0.05) is 22.6 Å². The fraction of sp³-hybridized carbons (Fsp3) is 0.400. The number of amides is 1. The van der Waals surface area contributed by atoms with Crippen LogP contribution in [-0.4, -0.2) is 21.1 Å². The summed E-state index contributed by atoms with van der Waals surface area (Å²) in [5.74, 6) is -0.0144. The summed E-state index contributed by atoms with van der Waals surface area (Å²) in [4.78, 5) is 11.9. The molecule has 2 aromatic rings. The molecule has 0 radical (unpaired) electrons. The number of aliphatic hydroxyl groups excluding tert-OH is 1. The van der Waals surface area contributed by atoms with E-state index in [9.17, 15) is 9.90 Å². The summed E-state index contributed by atoms with van der Waals surface area (Å²) in [5.41, 5.74) is 1.62. The Kier molecular flexibility index (Phi) is 3.62. The fourth-order valence-corrected chi connectivity index (χ4v) is 2.18. The van der Waals surface area contributed by atoms with Crippen molar-refractivity contribution in [1.29, 1.82) is 0 Å². The number of nitrogens with zero attached hydrogens (tertiary/aromatic N) is 1. The Labute approximate surface area is 113 Å². The Balaban J connectivity index is 2.25. The van der Waals surface area contributed by atoms with E-state index in [0.717, 1.165) is 16.5 Å². The van der Waals surface area contributed by atoms with Gasteiger partial charge in [0.2, 0.25) is 5.91 Å². The molecule has 2 N–H and O–H groups in total. The first kappa shape index (κ1) is 13.6. The maximum Gasteiger partial charge on any atom is 0.240 e. The predicted molar refractivity (Wildman–Crippen MR) is 75.8 cm³/mol. The number of hydrogen-bond donors (Lipinski definition) is 2. The van der Waals surface area contributed by atoms with Crippen molar-refractivity contribution in [3.05, 3.63) is 36.0 Å². The van der Waals surface area contributed by atoms with Crippen molar-refractivity contribution in [1.82, 2.24) is 9.88 Å². The van der Waals surface area contributed by atoms with Crippen LogP contribution in [0.4, 0.5) is 0 Å². The summed E-state index contributed by atoms with van der Waals surface area (Å²) in [5, 5.41) is 13.2. The molecule has 0 aliphatic rings. The molecule has 19 heavy (non-hydrogen) atoms. The number of aromatic nitrogens is 1. The number of carbonyl (C=O) groups is 1. The molecule has 0 saturated carbocycles. The van der Waals surface area contributed by atoms with Gasteiger partial charge in [-0.05, 0) is 38.5 Å². The van der Waals surface area contributed by atoms with Crippen LogP contribution in [-0.2, 0) is 17.9 Å². The van der Waals surface area contributed by atoms with Crippen LogP contribution >= 0.6 is 0 Å². The molecule has 102 valence electrons. The average molecular weight is 260 g/mol. The maximum absolute atomic E-state index is 11.9. The molecule has 0 aliphatic carbocycles. The molecule has 4 nitrogen and oxygen atoms in total. The van der Waals surface area contributed by atoms with Gasteiger partial charge >= 0.3 is 0 Å². The molecular formula is C15H20N2O2. The van der Waals surface area contributed by atoms with Gasteiger partial charge in [-0.15, -0.1) is 0 Å². The number of rotatable bonds is 3. The van der Waals surface area contributed by atoms with Crippen LogP contribution in [0.3, 0.4) is 0 Å². The van der Waals surface area contributed by atoms with Crippen LogP contribution in [0.25, 0.3) is 10.9 Å². The second kappa shape index (κ2) is 5.05. The van der Waals surface area contributed by atoms with E-state index >= 15 is 0 Å². The molecule has 1 aromatic heterocycles. The van der Waals surface area contributed by atoms with Gasteiger partial charge in [-0.2, -0.15) is 0 Å². The van der Waals surface area contributed by atoms with Crippen LogP contribution in [0.1, 0.15) is 26.3 Å². The van der Waals surface area contributed by atoms with Gasteiger partial charge in [-0.1, -0.05) is 12.1 Å².